The molecular formula is C114H78N10O2. The summed E-state index contributed by atoms with van der Waals surface area (Å²) in [4.78, 5) is 10.1. The topological polar surface area (TPSA) is 90.5 Å². The zero-order valence-electron chi connectivity index (χ0n) is 69.4. The molecule has 0 atom stereocenters. The Morgan fingerprint density at radius 1 is 0.183 bits per heavy atom. The molecule has 10 aromatic heterocycles. The number of hydrogen-bond donors (Lipinski definition) is 0. The zero-order valence-corrected chi connectivity index (χ0v) is 69.4. The lowest BCUT2D eigenvalue weighted by atomic mass is 10.1. The summed E-state index contributed by atoms with van der Waals surface area (Å²) in [5.74, 6) is 1.82. The number of nitrogens with zero attached hydrogens (tertiary/aromatic N) is 10. The number of aromatic nitrogens is 10. The summed E-state index contributed by atoms with van der Waals surface area (Å²) in [5, 5.41) is 14.8. The maximum atomic E-state index is 6.38. The van der Waals surface area contributed by atoms with Crippen LogP contribution in [0.5, 0.6) is 0 Å². The summed E-state index contributed by atoms with van der Waals surface area (Å²) in [7, 11) is 0. The molecule has 28 aromatic rings. The number of furan rings is 2. The van der Waals surface area contributed by atoms with Gasteiger partial charge in [-0.2, -0.15) is 0 Å². The van der Waals surface area contributed by atoms with Crippen LogP contribution in [0, 0.1) is 27.7 Å². The third kappa shape index (κ3) is 11.2. The maximum absolute atomic E-state index is 6.38. The van der Waals surface area contributed by atoms with Crippen molar-refractivity contribution in [3.8, 4) is 34.1 Å². The second-order valence-corrected chi connectivity index (χ2v) is 33.2. The van der Waals surface area contributed by atoms with Gasteiger partial charge in [0, 0.05) is 87.4 Å². The van der Waals surface area contributed by atoms with Gasteiger partial charge in [0.15, 0.2) is 11.2 Å². The Bertz CT molecular complexity index is 9180. The van der Waals surface area contributed by atoms with E-state index in [1.165, 1.54) is 126 Å². The second-order valence-electron chi connectivity index (χ2n) is 33.2. The number of hydrogen-bond acceptors (Lipinski definition) is 4. The summed E-state index contributed by atoms with van der Waals surface area (Å²) in [6, 6.07) is 142. The monoisotopic (exact) mass is 1620 g/mol. The molecule has 596 valence electrons. The van der Waals surface area contributed by atoms with Crippen LogP contribution in [0.25, 0.3) is 221 Å². The Labute approximate surface area is 721 Å². The van der Waals surface area contributed by atoms with E-state index in [0.29, 0.717) is 0 Å². The standard InChI is InChI=1S/C32H22N4.C31H22N2.C26H17N3O.C25H17NO/c1-21-9-8-10-22(19-21)35-30-18-17-23(20-31(30)36-29-16-7-4-13-26(29)33-32(35)36)34-27-14-5-2-11-24(27)25-12-3-6-15-28(25)34;1-21-9-8-10-22(19-21)32-30-16-7-4-13-26(30)27-20-23(17-18-31(27)32)33-28-14-5-2-11-24(28)25-12-3-6-15-29(25)33;1-16-13-14-24-18(15-16)17-7-6-12-23(25(17)30-24)29-22-11-5-4-10-21(22)28-20-9-3-2-8-19(20)27-26(28)29;1-16-13-14-24-20(15-16)19-9-6-12-23(25(19)27-24)26-21-10-4-2-7-17(21)18-8-3-5-11-22(18)26/h2-20H,1H3;2-20H,1H3;2-15H,1H3;2-15H,1H3. The number of fused-ring (bicyclic) bond motifs is 28. The van der Waals surface area contributed by atoms with Crippen molar-refractivity contribution in [2.24, 2.45) is 0 Å². The van der Waals surface area contributed by atoms with Crippen LogP contribution in [0.15, 0.2) is 409 Å². The number of benzene rings is 18. The molecule has 10 heterocycles. The SMILES string of the molecule is Cc1ccc2oc3c(-n4c5ccccc5c5ccccc54)cccc3c2c1.Cc1ccc2oc3c(-n4c5ccccc5n5c6ccccc6nc45)cccc3c2c1.Cc1cccc(-n2c3ccc(-n4c5ccccc5c5ccccc54)cc3n3c4ccccc4nc23)c1.Cc1cccc(-n2c3ccccc3c3cc(-n4c5ccccc5c5ccccc54)ccc32)c1. The van der Waals surface area contributed by atoms with Crippen molar-refractivity contribution < 1.29 is 8.83 Å². The highest BCUT2D eigenvalue weighted by Crippen LogP contribution is 2.44. The van der Waals surface area contributed by atoms with E-state index < -0.39 is 0 Å². The Hall–Kier alpha value is -16.7. The normalized spacial score (nSPS) is 12.0. The van der Waals surface area contributed by atoms with Crippen LogP contribution in [0.4, 0.5) is 0 Å². The summed E-state index contributed by atoms with van der Waals surface area (Å²) < 4.78 is 31.2. The molecule has 0 saturated heterocycles. The predicted molar refractivity (Wildman–Crippen MR) is 523 cm³/mol. The number of imidazole rings is 4. The van der Waals surface area contributed by atoms with Crippen LogP contribution in [-0.4, -0.2) is 46.2 Å². The van der Waals surface area contributed by atoms with E-state index in [2.05, 4.69) is 458 Å². The molecule has 18 aromatic carbocycles. The lowest BCUT2D eigenvalue weighted by molar-refractivity contribution is 0.666. The van der Waals surface area contributed by atoms with E-state index in [9.17, 15) is 0 Å². The fourth-order valence-electron chi connectivity index (χ4n) is 20.0. The third-order valence-electron chi connectivity index (χ3n) is 25.5. The minimum Gasteiger partial charge on any atom is -0.454 e. The molecule has 0 amide bonds. The maximum Gasteiger partial charge on any atom is 0.220 e. The zero-order chi connectivity index (χ0) is 83.5. The third-order valence-corrected chi connectivity index (χ3v) is 25.5. The minimum atomic E-state index is 0.883. The molecule has 0 aliphatic heterocycles. The summed E-state index contributed by atoms with van der Waals surface area (Å²) in [6.07, 6.45) is 0. The predicted octanol–water partition coefficient (Wildman–Crippen LogP) is 29.7. The van der Waals surface area contributed by atoms with Crippen LogP contribution < -0.4 is 0 Å². The molecule has 12 heteroatoms. The van der Waals surface area contributed by atoms with Crippen LogP contribution >= 0.6 is 0 Å². The summed E-state index contributed by atoms with van der Waals surface area (Å²) in [5.41, 5.74) is 33.8. The smallest absolute Gasteiger partial charge is 0.220 e. The van der Waals surface area contributed by atoms with Crippen molar-refractivity contribution in [2.75, 3.05) is 0 Å². The van der Waals surface area contributed by atoms with E-state index in [4.69, 9.17) is 18.8 Å². The van der Waals surface area contributed by atoms with Crippen LogP contribution in [0.3, 0.4) is 0 Å². The van der Waals surface area contributed by atoms with Gasteiger partial charge in [0.05, 0.1) is 99.6 Å². The molecule has 0 N–H and O–H groups in total. The van der Waals surface area contributed by atoms with Gasteiger partial charge in [0.1, 0.15) is 11.2 Å². The molecule has 0 aliphatic carbocycles. The molecule has 28 rings (SSSR count). The molecule has 0 saturated carbocycles. The molecule has 12 nitrogen and oxygen atoms in total. The fourth-order valence-corrected chi connectivity index (χ4v) is 20.0. The lowest BCUT2D eigenvalue weighted by Crippen LogP contribution is -1.96. The van der Waals surface area contributed by atoms with Crippen molar-refractivity contribution in [1.82, 2.24) is 46.2 Å². The van der Waals surface area contributed by atoms with E-state index >= 15 is 0 Å². The van der Waals surface area contributed by atoms with Gasteiger partial charge in [-0.3, -0.25) is 17.9 Å². The highest BCUT2D eigenvalue weighted by atomic mass is 16.3. The Kier molecular flexibility index (Phi) is 16.3. The van der Waals surface area contributed by atoms with Gasteiger partial charge in [-0.05, 0) is 215 Å². The lowest BCUT2D eigenvalue weighted by Gasteiger charge is -2.10. The van der Waals surface area contributed by atoms with E-state index in [1.54, 1.807) is 0 Å². The molecule has 0 radical (unpaired) electrons. The number of rotatable bonds is 6. The van der Waals surface area contributed by atoms with Crippen LogP contribution in [-0.2, 0) is 0 Å². The van der Waals surface area contributed by atoms with Gasteiger partial charge in [-0.25, -0.2) is 9.97 Å². The molecule has 0 spiro atoms. The van der Waals surface area contributed by atoms with Gasteiger partial charge < -0.3 is 27.1 Å². The van der Waals surface area contributed by atoms with Crippen molar-refractivity contribution in [1.29, 1.82) is 0 Å². The Morgan fingerprint density at radius 2 is 0.492 bits per heavy atom. The Morgan fingerprint density at radius 3 is 0.944 bits per heavy atom. The highest BCUT2D eigenvalue weighted by molar-refractivity contribution is 6.16. The average Bonchev–Trinajstić information content (AvgIpc) is 1.57. The molecule has 0 bridgehead atoms. The van der Waals surface area contributed by atoms with Crippen LogP contribution in [0.1, 0.15) is 22.3 Å². The fraction of sp³-hybridized carbons (Fsp3) is 0.0351. The average molecular weight is 1620 g/mol. The second kappa shape index (κ2) is 28.5. The van der Waals surface area contributed by atoms with Crippen molar-refractivity contribution in [3.05, 3.63) is 423 Å². The molecule has 0 aliphatic rings. The van der Waals surface area contributed by atoms with Crippen LogP contribution in [0.2, 0.25) is 0 Å². The van der Waals surface area contributed by atoms with Gasteiger partial charge in [-0.1, -0.05) is 236 Å². The van der Waals surface area contributed by atoms with E-state index in [0.717, 1.165) is 117 Å². The quantitative estimate of drug-likeness (QED) is 0.166. The van der Waals surface area contributed by atoms with E-state index in [1.807, 2.05) is 6.07 Å². The first kappa shape index (κ1) is 72.1. The first-order valence-electron chi connectivity index (χ1n) is 42.9. The van der Waals surface area contributed by atoms with Gasteiger partial charge in [-0.15, -0.1) is 0 Å². The minimum absolute atomic E-state index is 0.883. The van der Waals surface area contributed by atoms with E-state index in [-0.39, 0.29) is 0 Å². The summed E-state index contributed by atoms with van der Waals surface area (Å²) in [6.45, 7) is 8.52. The molecule has 126 heavy (non-hydrogen) atoms. The van der Waals surface area contributed by atoms with Crippen molar-refractivity contribution in [3.63, 3.8) is 0 Å². The number of aryl methyl sites for hydroxylation is 4. The molecule has 0 fully saturated rings. The van der Waals surface area contributed by atoms with Crippen molar-refractivity contribution in [2.45, 2.75) is 27.7 Å². The van der Waals surface area contributed by atoms with Gasteiger partial charge in [0.2, 0.25) is 11.6 Å². The first-order valence-corrected chi connectivity index (χ1v) is 42.9. The Balaban J connectivity index is 0.0000000920. The molecular weight excluding hydrogens is 1540 g/mol. The summed E-state index contributed by atoms with van der Waals surface area (Å²) >= 11 is 0. The first-order chi connectivity index (χ1) is 62.2. The highest BCUT2D eigenvalue weighted by Gasteiger charge is 2.25. The molecule has 0 unspecified atom stereocenters. The number of para-hydroxylation sites is 15. The largest absolute Gasteiger partial charge is 0.454 e. The van der Waals surface area contributed by atoms with Crippen molar-refractivity contribution >= 4 is 187 Å². The van der Waals surface area contributed by atoms with Gasteiger partial charge >= 0.3 is 0 Å². The van der Waals surface area contributed by atoms with Gasteiger partial charge in [0.25, 0.3) is 0 Å².